The average Bonchev–Trinajstić information content (AvgIpc) is 2.80. The summed E-state index contributed by atoms with van der Waals surface area (Å²) in [5.74, 6) is -0.843. The largest absolute Gasteiger partial charge is 0.451 e. The Morgan fingerprint density at radius 3 is 2.48 bits per heavy atom. The van der Waals surface area contributed by atoms with Crippen LogP contribution in [0, 0.1) is 20.8 Å². The molecule has 0 saturated heterocycles. The molecule has 1 unspecified atom stereocenters. The lowest BCUT2D eigenvalue weighted by Gasteiger charge is -2.12. The Labute approximate surface area is 152 Å². The number of ketones is 1. The van der Waals surface area contributed by atoms with E-state index in [-0.39, 0.29) is 5.78 Å². The molecule has 0 aliphatic carbocycles. The van der Waals surface area contributed by atoms with Gasteiger partial charge in [-0.2, -0.15) is 5.10 Å². The minimum Gasteiger partial charge on any atom is -0.451 e. The van der Waals surface area contributed by atoms with E-state index in [1.165, 1.54) is 10.8 Å². The SMILES string of the molecule is Cc1ccc(C(=O)C(C)OC(=O)/C=C/c2c(C)nn(C)c2Cl)cc1C. The van der Waals surface area contributed by atoms with Crippen molar-refractivity contribution in [1.29, 1.82) is 0 Å². The van der Waals surface area contributed by atoms with Crippen LogP contribution in [0.25, 0.3) is 6.08 Å². The molecule has 1 aromatic heterocycles. The zero-order valence-corrected chi connectivity index (χ0v) is 15.7. The number of hydrogen-bond acceptors (Lipinski definition) is 4. The van der Waals surface area contributed by atoms with Gasteiger partial charge in [0.1, 0.15) is 5.15 Å². The zero-order chi connectivity index (χ0) is 18.7. The van der Waals surface area contributed by atoms with Crippen LogP contribution >= 0.6 is 11.6 Å². The fourth-order valence-corrected chi connectivity index (χ4v) is 2.62. The Hall–Kier alpha value is -2.40. The van der Waals surface area contributed by atoms with E-state index in [0.29, 0.717) is 22.0 Å². The molecule has 0 N–H and O–H groups in total. The smallest absolute Gasteiger partial charge is 0.331 e. The number of carbonyl (C=O) groups excluding carboxylic acids is 2. The van der Waals surface area contributed by atoms with Crippen LogP contribution in [0.5, 0.6) is 0 Å². The number of halogens is 1. The van der Waals surface area contributed by atoms with Crippen molar-refractivity contribution in [3.8, 4) is 0 Å². The van der Waals surface area contributed by atoms with Gasteiger partial charge in [-0.25, -0.2) is 4.79 Å². The van der Waals surface area contributed by atoms with Crippen LogP contribution in [0.4, 0.5) is 0 Å². The van der Waals surface area contributed by atoms with Gasteiger partial charge in [-0.1, -0.05) is 23.7 Å². The van der Waals surface area contributed by atoms with Crippen LogP contribution in [0.3, 0.4) is 0 Å². The van der Waals surface area contributed by atoms with Crippen molar-refractivity contribution >= 4 is 29.4 Å². The van der Waals surface area contributed by atoms with Crippen LogP contribution in [0.2, 0.25) is 5.15 Å². The predicted molar refractivity (Wildman–Crippen MR) is 97.8 cm³/mol. The van der Waals surface area contributed by atoms with Gasteiger partial charge in [-0.3, -0.25) is 9.48 Å². The van der Waals surface area contributed by atoms with Crippen LogP contribution in [0.1, 0.15) is 39.7 Å². The molecule has 25 heavy (non-hydrogen) atoms. The first-order chi connectivity index (χ1) is 11.7. The van der Waals surface area contributed by atoms with Gasteiger partial charge in [-0.05, 0) is 51.0 Å². The Balaban J connectivity index is 2.05. The summed E-state index contributed by atoms with van der Waals surface area (Å²) in [7, 11) is 1.72. The first kappa shape index (κ1) is 18.9. The second-order valence-electron chi connectivity index (χ2n) is 5.99. The molecule has 1 atom stereocenters. The molecule has 0 amide bonds. The topological polar surface area (TPSA) is 61.2 Å². The number of Topliss-reactive ketones (excluding diaryl/α,β-unsaturated/α-hetero) is 1. The van der Waals surface area contributed by atoms with Crippen molar-refractivity contribution in [3.05, 3.63) is 57.4 Å². The van der Waals surface area contributed by atoms with E-state index in [0.717, 1.165) is 11.1 Å². The lowest BCUT2D eigenvalue weighted by Crippen LogP contribution is -2.23. The molecule has 0 radical (unpaired) electrons. The van der Waals surface area contributed by atoms with Gasteiger partial charge >= 0.3 is 5.97 Å². The Morgan fingerprint density at radius 1 is 1.24 bits per heavy atom. The maximum Gasteiger partial charge on any atom is 0.331 e. The molecular formula is C19H21ClN2O3. The van der Waals surface area contributed by atoms with E-state index in [1.807, 2.05) is 19.9 Å². The first-order valence-corrected chi connectivity index (χ1v) is 8.27. The van der Waals surface area contributed by atoms with Gasteiger partial charge in [0.15, 0.2) is 6.10 Å². The molecule has 5 nitrogen and oxygen atoms in total. The van der Waals surface area contributed by atoms with Crippen LogP contribution in [-0.4, -0.2) is 27.6 Å². The van der Waals surface area contributed by atoms with Crippen molar-refractivity contribution in [2.75, 3.05) is 0 Å². The summed E-state index contributed by atoms with van der Waals surface area (Å²) in [5.41, 5.74) is 4.00. The summed E-state index contributed by atoms with van der Waals surface area (Å²) in [6.45, 7) is 7.27. The summed E-state index contributed by atoms with van der Waals surface area (Å²) >= 11 is 6.10. The summed E-state index contributed by atoms with van der Waals surface area (Å²) < 4.78 is 6.72. The van der Waals surface area contributed by atoms with E-state index in [2.05, 4.69) is 5.10 Å². The minimum atomic E-state index is -0.871. The van der Waals surface area contributed by atoms with E-state index >= 15 is 0 Å². The standard InChI is InChI=1S/C19H21ClN2O3/c1-11-6-7-15(10-12(11)2)18(24)14(4)25-17(23)9-8-16-13(3)21-22(5)19(16)20/h6-10,14H,1-5H3/b9-8+. The predicted octanol–water partition coefficient (Wildman–Crippen LogP) is 3.83. The van der Waals surface area contributed by atoms with Gasteiger partial charge in [0, 0.05) is 24.3 Å². The molecule has 0 saturated carbocycles. The van der Waals surface area contributed by atoms with E-state index in [9.17, 15) is 9.59 Å². The molecular weight excluding hydrogens is 340 g/mol. The maximum absolute atomic E-state index is 12.4. The summed E-state index contributed by atoms with van der Waals surface area (Å²) in [5, 5.41) is 4.59. The molecule has 1 aromatic carbocycles. The Morgan fingerprint density at radius 2 is 1.92 bits per heavy atom. The number of nitrogens with zero attached hydrogens (tertiary/aromatic N) is 2. The molecule has 2 rings (SSSR count). The molecule has 0 spiro atoms. The lowest BCUT2D eigenvalue weighted by atomic mass is 10.0. The fourth-order valence-electron chi connectivity index (χ4n) is 2.38. The van der Waals surface area contributed by atoms with E-state index in [4.69, 9.17) is 16.3 Å². The number of aryl methyl sites for hydroxylation is 4. The molecule has 132 valence electrons. The van der Waals surface area contributed by atoms with Crippen LogP contribution < -0.4 is 0 Å². The molecule has 0 aliphatic rings. The van der Waals surface area contributed by atoms with Gasteiger partial charge < -0.3 is 4.74 Å². The summed E-state index contributed by atoms with van der Waals surface area (Å²) in [4.78, 5) is 24.4. The number of benzene rings is 1. The third-order valence-corrected chi connectivity index (χ3v) is 4.48. The molecule has 0 aliphatic heterocycles. The van der Waals surface area contributed by atoms with Crippen molar-refractivity contribution in [3.63, 3.8) is 0 Å². The third-order valence-electron chi connectivity index (χ3n) is 4.04. The van der Waals surface area contributed by atoms with Gasteiger partial charge in [0.2, 0.25) is 5.78 Å². The normalized spacial score (nSPS) is 12.4. The highest BCUT2D eigenvalue weighted by molar-refractivity contribution is 6.31. The quantitative estimate of drug-likeness (QED) is 0.462. The minimum absolute atomic E-state index is 0.236. The highest BCUT2D eigenvalue weighted by Gasteiger charge is 2.19. The monoisotopic (exact) mass is 360 g/mol. The van der Waals surface area contributed by atoms with Crippen LogP contribution in [0.15, 0.2) is 24.3 Å². The Bertz CT molecular complexity index is 853. The van der Waals surface area contributed by atoms with Gasteiger partial charge in [0.05, 0.1) is 5.69 Å². The number of rotatable bonds is 5. The van der Waals surface area contributed by atoms with Crippen molar-refractivity contribution in [1.82, 2.24) is 9.78 Å². The molecule has 0 bridgehead atoms. The van der Waals surface area contributed by atoms with Crippen molar-refractivity contribution in [2.45, 2.75) is 33.8 Å². The number of hydrogen-bond donors (Lipinski definition) is 0. The third kappa shape index (κ3) is 4.37. The summed E-state index contributed by atoms with van der Waals surface area (Å²) in [6.07, 6.45) is 1.92. The van der Waals surface area contributed by atoms with Gasteiger partial charge in [0.25, 0.3) is 0 Å². The lowest BCUT2D eigenvalue weighted by molar-refractivity contribution is -0.140. The number of ether oxygens (including phenoxy) is 1. The Kier molecular flexibility index (Phi) is 5.80. The molecule has 2 aromatic rings. The fraction of sp³-hybridized carbons (Fsp3) is 0.316. The summed E-state index contributed by atoms with van der Waals surface area (Å²) in [6, 6.07) is 5.42. The number of carbonyl (C=O) groups is 2. The number of esters is 1. The van der Waals surface area contributed by atoms with E-state index in [1.54, 1.807) is 39.1 Å². The molecule has 0 fully saturated rings. The highest BCUT2D eigenvalue weighted by atomic mass is 35.5. The molecule has 6 heteroatoms. The first-order valence-electron chi connectivity index (χ1n) is 7.90. The van der Waals surface area contributed by atoms with E-state index < -0.39 is 12.1 Å². The highest BCUT2D eigenvalue weighted by Crippen LogP contribution is 2.20. The maximum atomic E-state index is 12.4. The zero-order valence-electron chi connectivity index (χ0n) is 15.0. The molecule has 1 heterocycles. The van der Waals surface area contributed by atoms with Crippen molar-refractivity contribution in [2.24, 2.45) is 7.05 Å². The average molecular weight is 361 g/mol. The second-order valence-corrected chi connectivity index (χ2v) is 6.35. The van der Waals surface area contributed by atoms with Crippen molar-refractivity contribution < 1.29 is 14.3 Å². The second kappa shape index (κ2) is 7.66. The van der Waals surface area contributed by atoms with Gasteiger partial charge in [-0.15, -0.1) is 0 Å². The number of aromatic nitrogens is 2. The van der Waals surface area contributed by atoms with Crippen LogP contribution in [-0.2, 0) is 16.6 Å².